The van der Waals surface area contributed by atoms with Crippen LogP contribution >= 0.6 is 11.8 Å². The van der Waals surface area contributed by atoms with Crippen LogP contribution in [0.2, 0.25) is 0 Å². The molecule has 5 heteroatoms. The van der Waals surface area contributed by atoms with Crippen LogP contribution in [0.1, 0.15) is 20.3 Å². The number of alkyl halides is 3. The van der Waals surface area contributed by atoms with Gasteiger partial charge in [-0.05, 0) is 12.2 Å². The molecule has 0 aliphatic carbocycles. The fraction of sp³-hybridized carbons (Fsp3) is 1.00. The van der Waals surface area contributed by atoms with Gasteiger partial charge in [-0.15, -0.1) is 0 Å². The van der Waals surface area contributed by atoms with Crippen LogP contribution in [0.4, 0.5) is 13.2 Å². The molecule has 1 nitrogen and oxygen atoms in total. The highest BCUT2D eigenvalue weighted by atomic mass is 32.2. The Morgan fingerprint density at radius 2 is 2.00 bits per heavy atom. The number of thioether (sulfide) groups is 1. The van der Waals surface area contributed by atoms with Crippen molar-refractivity contribution in [1.29, 1.82) is 0 Å². The maximum absolute atomic E-state index is 12.2. The molecule has 13 heavy (non-hydrogen) atoms. The maximum Gasteiger partial charge on any atom is 0.414 e. The molecule has 1 saturated heterocycles. The molecule has 0 saturated carbocycles. The predicted molar refractivity (Wildman–Crippen MR) is 46.7 cm³/mol. The number of aliphatic hydroxyl groups is 1. The molecule has 2 atom stereocenters. The van der Waals surface area contributed by atoms with Crippen molar-refractivity contribution in [1.82, 2.24) is 0 Å². The minimum atomic E-state index is -4.48. The Bertz CT molecular complexity index is 190. The van der Waals surface area contributed by atoms with Gasteiger partial charge in [0.05, 0.1) is 0 Å². The molecule has 0 spiro atoms. The van der Waals surface area contributed by atoms with Crippen LogP contribution in [0.3, 0.4) is 0 Å². The zero-order chi connectivity index (χ0) is 10.3. The zero-order valence-corrected chi connectivity index (χ0v) is 8.37. The summed E-state index contributed by atoms with van der Waals surface area (Å²) in [4.78, 5) is 0. The van der Waals surface area contributed by atoms with E-state index in [9.17, 15) is 13.2 Å². The number of aliphatic hydroxyl groups excluding tert-OH is 1. The van der Waals surface area contributed by atoms with Crippen LogP contribution in [-0.4, -0.2) is 27.9 Å². The predicted octanol–water partition coefficient (Wildman–Crippen LogP) is 2.44. The molecule has 1 fully saturated rings. The van der Waals surface area contributed by atoms with Gasteiger partial charge in [0.2, 0.25) is 0 Å². The Morgan fingerprint density at radius 1 is 1.46 bits per heavy atom. The highest BCUT2D eigenvalue weighted by Gasteiger charge is 2.50. The molecule has 1 aliphatic rings. The fourth-order valence-corrected chi connectivity index (χ4v) is 3.03. The van der Waals surface area contributed by atoms with E-state index in [2.05, 4.69) is 0 Å². The first-order valence-electron chi connectivity index (χ1n) is 4.14. The number of hydrogen-bond acceptors (Lipinski definition) is 2. The Morgan fingerprint density at radius 3 is 2.31 bits per heavy atom. The molecule has 1 N–H and O–H groups in total. The molecular weight excluding hydrogens is 201 g/mol. The van der Waals surface area contributed by atoms with Gasteiger partial charge in [0, 0.05) is 10.7 Å². The summed E-state index contributed by atoms with van der Waals surface area (Å²) in [6, 6.07) is 0. The summed E-state index contributed by atoms with van der Waals surface area (Å²) in [7, 11) is 0. The first kappa shape index (κ1) is 11.2. The molecule has 0 bridgehead atoms. The van der Waals surface area contributed by atoms with Crippen molar-refractivity contribution in [3.05, 3.63) is 0 Å². The third-order valence-electron chi connectivity index (χ3n) is 2.51. The first-order valence-corrected chi connectivity index (χ1v) is 5.12. The molecule has 78 valence electrons. The monoisotopic (exact) mass is 214 g/mol. The summed E-state index contributed by atoms with van der Waals surface area (Å²) >= 11 is 1.49. The van der Waals surface area contributed by atoms with Crippen LogP contribution in [0, 0.1) is 5.92 Å². The molecule has 1 unspecified atom stereocenters. The van der Waals surface area contributed by atoms with Crippen molar-refractivity contribution in [2.45, 2.75) is 37.3 Å². The second-order valence-electron chi connectivity index (χ2n) is 3.83. The van der Waals surface area contributed by atoms with Crippen molar-refractivity contribution >= 4 is 11.8 Å². The van der Waals surface area contributed by atoms with E-state index in [1.807, 2.05) is 0 Å². The lowest BCUT2D eigenvalue weighted by atomic mass is 9.87. The Hall–Kier alpha value is 0.100. The van der Waals surface area contributed by atoms with Crippen LogP contribution in [0.25, 0.3) is 0 Å². The summed E-state index contributed by atoms with van der Waals surface area (Å²) < 4.78 is 36.1. The van der Waals surface area contributed by atoms with Gasteiger partial charge in [-0.25, -0.2) is 0 Å². The smallest absolute Gasteiger partial charge is 0.383 e. The average Bonchev–Trinajstić information content (AvgIpc) is 2.26. The molecule has 0 aromatic rings. The summed E-state index contributed by atoms with van der Waals surface area (Å²) in [5.74, 6) is 0.0302. The van der Waals surface area contributed by atoms with E-state index in [-0.39, 0.29) is 0 Å². The van der Waals surface area contributed by atoms with Crippen molar-refractivity contribution in [3.63, 3.8) is 0 Å². The number of halogens is 3. The van der Waals surface area contributed by atoms with Gasteiger partial charge in [-0.1, -0.05) is 13.8 Å². The normalized spacial score (nSPS) is 30.5. The summed E-state index contributed by atoms with van der Waals surface area (Å²) in [5.41, 5.74) is 0. The van der Waals surface area contributed by atoms with Gasteiger partial charge in [0.25, 0.3) is 0 Å². The van der Waals surface area contributed by atoms with Crippen molar-refractivity contribution in [2.24, 2.45) is 5.92 Å². The lowest BCUT2D eigenvalue weighted by Gasteiger charge is -2.31. The third-order valence-corrected chi connectivity index (χ3v) is 4.00. The van der Waals surface area contributed by atoms with E-state index in [0.717, 1.165) is 0 Å². The van der Waals surface area contributed by atoms with E-state index in [1.54, 1.807) is 13.8 Å². The Kier molecular flexibility index (Phi) is 2.88. The van der Waals surface area contributed by atoms with E-state index < -0.39 is 22.9 Å². The largest absolute Gasteiger partial charge is 0.414 e. The van der Waals surface area contributed by atoms with Crippen molar-refractivity contribution in [3.8, 4) is 0 Å². The van der Waals surface area contributed by atoms with Gasteiger partial charge < -0.3 is 5.11 Å². The van der Waals surface area contributed by atoms with Crippen LogP contribution in [0.15, 0.2) is 0 Å². The van der Waals surface area contributed by atoms with Gasteiger partial charge in [-0.2, -0.15) is 24.9 Å². The highest BCUT2D eigenvalue weighted by molar-refractivity contribution is 8.00. The van der Waals surface area contributed by atoms with E-state index in [1.165, 1.54) is 11.8 Å². The topological polar surface area (TPSA) is 20.2 Å². The second-order valence-corrected chi connectivity index (χ2v) is 5.58. The van der Waals surface area contributed by atoms with Gasteiger partial charge in [0.15, 0.2) is 6.10 Å². The van der Waals surface area contributed by atoms with E-state index >= 15 is 0 Å². The SMILES string of the molecule is CC1(C)SCCC1[C@@H](O)C(F)(F)F. The Labute approximate surface area is 79.7 Å². The molecule has 0 aromatic carbocycles. The maximum atomic E-state index is 12.2. The molecular formula is C8H13F3OS. The molecule has 0 amide bonds. The lowest BCUT2D eigenvalue weighted by Crippen LogP contribution is -2.42. The quantitative estimate of drug-likeness (QED) is 0.723. The number of hydrogen-bond donors (Lipinski definition) is 1. The molecule has 1 aliphatic heterocycles. The molecule has 1 rings (SSSR count). The summed E-state index contributed by atoms with van der Waals surface area (Å²) in [6.07, 6.45) is -6.21. The molecule has 0 aromatic heterocycles. The summed E-state index contributed by atoms with van der Waals surface area (Å²) in [6.45, 7) is 3.51. The lowest BCUT2D eigenvalue weighted by molar-refractivity contribution is -0.221. The first-order chi connectivity index (χ1) is 5.75. The van der Waals surface area contributed by atoms with E-state index in [4.69, 9.17) is 5.11 Å². The van der Waals surface area contributed by atoms with Gasteiger partial charge >= 0.3 is 6.18 Å². The van der Waals surface area contributed by atoms with Crippen LogP contribution in [-0.2, 0) is 0 Å². The van der Waals surface area contributed by atoms with Crippen molar-refractivity contribution < 1.29 is 18.3 Å². The highest BCUT2D eigenvalue weighted by Crippen LogP contribution is 2.46. The molecule has 0 radical (unpaired) electrons. The molecule has 1 heterocycles. The average molecular weight is 214 g/mol. The van der Waals surface area contributed by atoms with Crippen LogP contribution < -0.4 is 0 Å². The minimum Gasteiger partial charge on any atom is -0.383 e. The number of rotatable bonds is 1. The van der Waals surface area contributed by atoms with Gasteiger partial charge in [0.1, 0.15) is 0 Å². The fourth-order valence-electron chi connectivity index (χ4n) is 1.67. The van der Waals surface area contributed by atoms with E-state index in [0.29, 0.717) is 12.2 Å². The zero-order valence-electron chi connectivity index (χ0n) is 7.56. The summed E-state index contributed by atoms with van der Waals surface area (Å²) in [5, 5.41) is 9.08. The van der Waals surface area contributed by atoms with Crippen molar-refractivity contribution in [2.75, 3.05) is 5.75 Å². The standard InChI is InChI=1S/C8H13F3OS/c1-7(2)5(3-4-13-7)6(12)8(9,10)11/h5-6,12H,3-4H2,1-2H3/t5?,6-/m1/s1. The Balaban J connectivity index is 2.72. The third kappa shape index (κ3) is 2.31. The second kappa shape index (κ2) is 3.35. The van der Waals surface area contributed by atoms with Gasteiger partial charge in [-0.3, -0.25) is 0 Å². The minimum absolute atomic E-state index is 0.443. The van der Waals surface area contributed by atoms with Crippen LogP contribution in [0.5, 0.6) is 0 Å².